The Hall–Kier alpha value is -2.22. The molecule has 0 saturated carbocycles. The Morgan fingerprint density at radius 1 is 0.938 bits per heavy atom. The molecule has 1 N–H and O–H groups in total. The molecule has 0 aliphatic heterocycles. The van der Waals surface area contributed by atoms with Gasteiger partial charge in [0.2, 0.25) is 0 Å². The lowest BCUT2D eigenvalue weighted by molar-refractivity contribution is -0.144. The molecule has 0 unspecified atom stereocenters. The predicted octanol–water partition coefficient (Wildman–Crippen LogP) is 7.86. The Morgan fingerprint density at radius 2 is 1.66 bits per heavy atom. The van der Waals surface area contributed by atoms with Crippen LogP contribution in [0, 0.1) is 0 Å². The maximum absolute atomic E-state index is 12.9. The van der Waals surface area contributed by atoms with Gasteiger partial charge in [0.25, 0.3) is 5.82 Å². The molecule has 3 rings (SSSR count). The fraction of sp³-hybridized carbons (Fsp3) is 0.542. The van der Waals surface area contributed by atoms with Crippen LogP contribution in [-0.2, 0) is 19.0 Å². The number of aromatic nitrogens is 4. The minimum Gasteiger partial charge on any atom is -0.257 e. The molecule has 0 radical (unpaired) electrons. The second kappa shape index (κ2) is 11.6. The summed E-state index contributed by atoms with van der Waals surface area (Å²) in [5, 5.41) is 5.67. The molecule has 0 bridgehead atoms. The van der Waals surface area contributed by atoms with Gasteiger partial charge in [-0.05, 0) is 55.0 Å². The van der Waals surface area contributed by atoms with Crippen LogP contribution in [-0.4, -0.2) is 20.2 Å². The van der Waals surface area contributed by atoms with E-state index in [1.54, 1.807) is 17.5 Å². The van der Waals surface area contributed by atoms with Gasteiger partial charge in [-0.3, -0.25) is 10.1 Å². The van der Waals surface area contributed by atoms with E-state index in [1.807, 2.05) is 12.1 Å². The molecular formula is C24H31F3N4S. The zero-order chi connectivity index (χ0) is 23.0. The Labute approximate surface area is 191 Å². The molecule has 4 nitrogen and oxygen atoms in total. The number of unbranched alkanes of at least 4 members (excludes halogenated alkanes) is 6. The molecule has 8 heteroatoms. The van der Waals surface area contributed by atoms with E-state index in [-0.39, 0.29) is 5.82 Å². The first-order valence-corrected chi connectivity index (χ1v) is 12.3. The Balaban J connectivity index is 1.85. The number of nitrogens with zero attached hydrogens (tertiary/aromatic N) is 3. The first-order chi connectivity index (χ1) is 15.4. The number of alkyl halides is 3. The minimum absolute atomic E-state index is 0.0278. The SMILES string of the molecule is CCCCCCc1cc(CCCCCC)c(-c2ccnc(-c3nc(C(F)(F)F)n[nH]3)c2)s1. The van der Waals surface area contributed by atoms with Crippen molar-refractivity contribution in [2.24, 2.45) is 0 Å². The first kappa shape index (κ1) is 24.4. The van der Waals surface area contributed by atoms with Gasteiger partial charge in [-0.2, -0.15) is 13.2 Å². The number of hydrogen-bond acceptors (Lipinski definition) is 4. The highest BCUT2D eigenvalue weighted by atomic mass is 32.1. The highest BCUT2D eigenvalue weighted by Crippen LogP contribution is 2.36. The van der Waals surface area contributed by atoms with Gasteiger partial charge in [-0.25, -0.2) is 4.98 Å². The number of H-pyrrole nitrogens is 1. The molecule has 0 aliphatic rings. The van der Waals surface area contributed by atoms with Gasteiger partial charge in [0, 0.05) is 16.0 Å². The number of rotatable bonds is 12. The van der Waals surface area contributed by atoms with Crippen LogP contribution in [0.1, 0.15) is 81.5 Å². The van der Waals surface area contributed by atoms with Gasteiger partial charge in [0.05, 0.1) is 0 Å². The zero-order valence-electron chi connectivity index (χ0n) is 18.8. The number of pyridine rings is 1. The summed E-state index contributed by atoms with van der Waals surface area (Å²) in [6, 6.07) is 6.06. The van der Waals surface area contributed by atoms with Gasteiger partial charge < -0.3 is 0 Å². The lowest BCUT2D eigenvalue weighted by Gasteiger charge is -2.05. The van der Waals surface area contributed by atoms with Crippen molar-refractivity contribution in [3.63, 3.8) is 0 Å². The second-order valence-corrected chi connectivity index (χ2v) is 9.26. The van der Waals surface area contributed by atoms with E-state index in [1.165, 1.54) is 60.3 Å². The van der Waals surface area contributed by atoms with Crippen LogP contribution in [0.2, 0.25) is 0 Å². The fourth-order valence-corrected chi connectivity index (χ4v) is 4.96. The van der Waals surface area contributed by atoms with Crippen LogP contribution < -0.4 is 0 Å². The van der Waals surface area contributed by atoms with Crippen LogP contribution in [0.15, 0.2) is 24.4 Å². The molecule has 3 aromatic rings. The number of nitrogens with one attached hydrogen (secondary N) is 1. The number of thiophene rings is 1. The topological polar surface area (TPSA) is 54.5 Å². The monoisotopic (exact) mass is 464 g/mol. The largest absolute Gasteiger partial charge is 0.453 e. The second-order valence-electron chi connectivity index (χ2n) is 8.12. The molecule has 174 valence electrons. The molecule has 3 heterocycles. The van der Waals surface area contributed by atoms with Gasteiger partial charge in [-0.15, -0.1) is 16.4 Å². The van der Waals surface area contributed by atoms with Crippen LogP contribution >= 0.6 is 11.3 Å². The molecule has 32 heavy (non-hydrogen) atoms. The predicted molar refractivity (Wildman–Crippen MR) is 124 cm³/mol. The molecular weight excluding hydrogens is 433 g/mol. The maximum atomic E-state index is 12.9. The minimum atomic E-state index is -4.58. The Kier molecular flexibility index (Phi) is 8.84. The van der Waals surface area contributed by atoms with Gasteiger partial charge >= 0.3 is 6.18 Å². The summed E-state index contributed by atoms with van der Waals surface area (Å²) >= 11 is 1.79. The molecule has 3 aromatic heterocycles. The van der Waals surface area contributed by atoms with Gasteiger partial charge in [0.1, 0.15) is 5.69 Å². The van der Waals surface area contributed by atoms with Crippen molar-refractivity contribution in [3.05, 3.63) is 40.7 Å². The first-order valence-electron chi connectivity index (χ1n) is 11.5. The van der Waals surface area contributed by atoms with E-state index in [2.05, 4.69) is 40.1 Å². The average molecular weight is 465 g/mol. The van der Waals surface area contributed by atoms with Gasteiger partial charge in [0.15, 0.2) is 5.82 Å². The van der Waals surface area contributed by atoms with Crippen molar-refractivity contribution < 1.29 is 13.2 Å². The summed E-state index contributed by atoms with van der Waals surface area (Å²) in [4.78, 5) is 10.4. The van der Waals surface area contributed by atoms with Crippen LogP contribution in [0.4, 0.5) is 13.2 Å². The maximum Gasteiger partial charge on any atom is 0.453 e. The standard InChI is InChI=1S/C24H31F3N4S/c1-3-5-7-9-11-17-15-19(12-10-8-6-4-2)32-21(17)18-13-14-28-20(16-18)22-29-23(31-30-22)24(25,26)27/h13-16H,3-12H2,1-2H3,(H,29,30,31). The van der Waals surface area contributed by atoms with Crippen molar-refractivity contribution >= 4 is 11.3 Å². The number of aromatic amines is 1. The van der Waals surface area contributed by atoms with E-state index < -0.39 is 12.0 Å². The van der Waals surface area contributed by atoms with Crippen molar-refractivity contribution in [2.75, 3.05) is 0 Å². The van der Waals surface area contributed by atoms with Crippen LogP contribution in [0.5, 0.6) is 0 Å². The normalized spacial score (nSPS) is 11.9. The average Bonchev–Trinajstić information content (AvgIpc) is 3.42. The van der Waals surface area contributed by atoms with Crippen LogP contribution in [0.25, 0.3) is 22.0 Å². The molecule has 0 atom stereocenters. The Morgan fingerprint density at radius 3 is 2.31 bits per heavy atom. The fourth-order valence-electron chi connectivity index (χ4n) is 3.71. The molecule has 0 aromatic carbocycles. The third-order valence-corrected chi connectivity index (χ3v) is 6.73. The van der Waals surface area contributed by atoms with E-state index in [0.29, 0.717) is 5.69 Å². The van der Waals surface area contributed by atoms with E-state index >= 15 is 0 Å². The van der Waals surface area contributed by atoms with Crippen molar-refractivity contribution in [2.45, 2.75) is 84.2 Å². The summed E-state index contributed by atoms with van der Waals surface area (Å²) in [7, 11) is 0. The third kappa shape index (κ3) is 6.64. The van der Waals surface area contributed by atoms with Crippen molar-refractivity contribution in [1.29, 1.82) is 0 Å². The molecule has 0 amide bonds. The lowest BCUT2D eigenvalue weighted by Crippen LogP contribution is -2.07. The summed E-state index contributed by atoms with van der Waals surface area (Å²) in [5.74, 6) is -1.15. The highest BCUT2D eigenvalue weighted by molar-refractivity contribution is 7.15. The van der Waals surface area contributed by atoms with E-state index in [4.69, 9.17) is 0 Å². The summed E-state index contributed by atoms with van der Waals surface area (Å²) in [6.07, 6.45) is 8.80. The number of halogens is 3. The Bertz CT molecular complexity index is 978. The quantitative estimate of drug-likeness (QED) is 0.278. The van der Waals surface area contributed by atoms with E-state index in [9.17, 15) is 13.2 Å². The van der Waals surface area contributed by atoms with Crippen molar-refractivity contribution in [1.82, 2.24) is 20.2 Å². The third-order valence-electron chi connectivity index (χ3n) is 5.44. The summed E-state index contributed by atoms with van der Waals surface area (Å²) < 4.78 is 38.6. The summed E-state index contributed by atoms with van der Waals surface area (Å²) in [6.45, 7) is 4.42. The number of aryl methyl sites for hydroxylation is 2. The molecule has 0 spiro atoms. The van der Waals surface area contributed by atoms with Gasteiger partial charge in [-0.1, -0.05) is 52.4 Å². The lowest BCUT2D eigenvalue weighted by atomic mass is 10.0. The van der Waals surface area contributed by atoms with Crippen LogP contribution in [0.3, 0.4) is 0 Å². The highest BCUT2D eigenvalue weighted by Gasteiger charge is 2.36. The van der Waals surface area contributed by atoms with Crippen molar-refractivity contribution in [3.8, 4) is 22.0 Å². The summed E-state index contributed by atoms with van der Waals surface area (Å²) in [5.41, 5.74) is 2.65. The molecule has 0 aliphatic carbocycles. The molecule has 0 saturated heterocycles. The molecule has 0 fully saturated rings. The zero-order valence-corrected chi connectivity index (χ0v) is 19.6. The number of hydrogen-bond donors (Lipinski definition) is 1. The van der Waals surface area contributed by atoms with E-state index in [0.717, 1.165) is 24.8 Å². The smallest absolute Gasteiger partial charge is 0.257 e.